The van der Waals surface area contributed by atoms with Gasteiger partial charge in [-0.1, -0.05) is 16.0 Å². The number of sulfonamides is 1. The van der Waals surface area contributed by atoms with E-state index in [2.05, 4.69) is 9.50 Å². The molecule has 0 fully saturated rings. The maximum Gasteiger partial charge on any atom is 0.311 e. The summed E-state index contributed by atoms with van der Waals surface area (Å²) in [6, 6.07) is 0. The second-order valence-corrected chi connectivity index (χ2v) is 4.01. The first-order valence-electron chi connectivity index (χ1n) is 3.00. The topological polar surface area (TPSA) is 81.4 Å². The maximum absolute atomic E-state index is 11.2. The zero-order valence-electron chi connectivity index (χ0n) is 6.43. The Bertz CT molecular complexity index is 452. The number of aryl methyl sites for hydroxylation is 1. The van der Waals surface area contributed by atoms with Crippen LogP contribution < -0.4 is 0 Å². The zero-order chi connectivity index (χ0) is 10.1. The summed E-state index contributed by atoms with van der Waals surface area (Å²) in [5.41, 5.74) is 0. The van der Waals surface area contributed by atoms with E-state index in [4.69, 9.17) is 11.6 Å². The minimum absolute atomic E-state index is 0.0819. The highest BCUT2D eigenvalue weighted by molar-refractivity contribution is 7.90. The molecule has 0 aromatic carbocycles. The molecule has 13 heavy (non-hydrogen) atoms. The predicted octanol–water partition coefficient (Wildman–Crippen LogP) is 0.0980. The lowest BCUT2D eigenvalue weighted by Gasteiger charge is -1.96. The Balaban J connectivity index is 3.46. The highest BCUT2D eigenvalue weighted by Crippen LogP contribution is 2.20. The normalized spacial score (nSPS) is 10.9. The van der Waals surface area contributed by atoms with Crippen LogP contribution in [0.25, 0.3) is 0 Å². The van der Waals surface area contributed by atoms with Gasteiger partial charge in [-0.05, 0) is 0 Å². The number of carbonyl (C=O) groups excluding carboxylic acids is 1. The van der Waals surface area contributed by atoms with Crippen molar-refractivity contribution in [2.24, 2.45) is 11.4 Å². The van der Waals surface area contributed by atoms with Gasteiger partial charge >= 0.3 is 10.0 Å². The van der Waals surface area contributed by atoms with Crippen LogP contribution in [0.4, 0.5) is 0 Å². The van der Waals surface area contributed by atoms with Gasteiger partial charge in [0.1, 0.15) is 0 Å². The third-order valence-electron chi connectivity index (χ3n) is 1.24. The number of hydrogen-bond acceptors (Lipinski definition) is 4. The summed E-state index contributed by atoms with van der Waals surface area (Å²) in [7, 11) is -2.68. The molecule has 1 aromatic rings. The Morgan fingerprint density at radius 3 is 2.69 bits per heavy atom. The monoisotopic (exact) mass is 221 g/mol. The van der Waals surface area contributed by atoms with Gasteiger partial charge < -0.3 is 0 Å². The van der Waals surface area contributed by atoms with Crippen molar-refractivity contribution in [2.45, 2.75) is 5.03 Å². The van der Waals surface area contributed by atoms with Gasteiger partial charge in [-0.15, -0.1) is 0 Å². The van der Waals surface area contributed by atoms with Gasteiger partial charge in [0.15, 0.2) is 5.03 Å². The van der Waals surface area contributed by atoms with E-state index >= 15 is 0 Å². The molecule has 70 valence electrons. The number of nitrogens with zero attached hydrogens (tertiary/aromatic N) is 3. The van der Waals surface area contributed by atoms with Crippen LogP contribution in [0.1, 0.15) is 0 Å². The molecule has 0 aliphatic carbocycles. The van der Waals surface area contributed by atoms with E-state index in [1.807, 2.05) is 0 Å². The molecule has 0 aliphatic heterocycles. The van der Waals surface area contributed by atoms with Crippen molar-refractivity contribution in [3.05, 3.63) is 11.2 Å². The SMILES string of the molecule is Cn1ncc(Cl)c1S(=O)(=O)N=C=O. The predicted molar refractivity (Wildman–Crippen MR) is 43.5 cm³/mol. The second kappa shape index (κ2) is 3.29. The van der Waals surface area contributed by atoms with Gasteiger partial charge in [0.05, 0.1) is 11.2 Å². The lowest BCUT2D eigenvalue weighted by Crippen LogP contribution is -2.05. The van der Waals surface area contributed by atoms with Crippen LogP contribution >= 0.6 is 11.6 Å². The van der Waals surface area contributed by atoms with Gasteiger partial charge in [-0.25, -0.2) is 4.79 Å². The first kappa shape index (κ1) is 9.91. The first-order chi connectivity index (χ1) is 5.99. The Morgan fingerprint density at radius 2 is 2.31 bits per heavy atom. The Labute approximate surface area is 78.9 Å². The summed E-state index contributed by atoms with van der Waals surface area (Å²) in [6.07, 6.45) is 2.09. The minimum Gasteiger partial charge on any atom is -0.254 e. The molecule has 0 amide bonds. The van der Waals surface area contributed by atoms with Gasteiger partial charge in [0, 0.05) is 7.05 Å². The molecule has 0 bridgehead atoms. The Morgan fingerprint density at radius 1 is 1.69 bits per heavy atom. The first-order valence-corrected chi connectivity index (χ1v) is 4.82. The highest BCUT2D eigenvalue weighted by Gasteiger charge is 2.21. The van der Waals surface area contributed by atoms with E-state index in [1.165, 1.54) is 7.05 Å². The third-order valence-corrected chi connectivity index (χ3v) is 2.92. The highest BCUT2D eigenvalue weighted by atomic mass is 35.5. The molecule has 0 spiro atoms. The fraction of sp³-hybridized carbons (Fsp3) is 0.200. The molecule has 0 saturated carbocycles. The molecule has 0 unspecified atom stereocenters. The third kappa shape index (κ3) is 1.77. The summed E-state index contributed by atoms with van der Waals surface area (Å²) < 4.78 is 26.0. The van der Waals surface area contributed by atoms with Gasteiger partial charge in [0.25, 0.3) is 6.08 Å². The molecular weight excluding hydrogens is 218 g/mol. The summed E-state index contributed by atoms with van der Waals surface area (Å²) in [6.45, 7) is 0. The minimum atomic E-state index is -4.06. The van der Waals surface area contributed by atoms with Crippen molar-refractivity contribution in [1.29, 1.82) is 0 Å². The van der Waals surface area contributed by atoms with Crippen LogP contribution in [-0.4, -0.2) is 24.3 Å². The number of isocyanates is 1. The maximum atomic E-state index is 11.2. The molecule has 8 heteroatoms. The van der Waals surface area contributed by atoms with Crippen molar-refractivity contribution < 1.29 is 13.2 Å². The standard InChI is InChI=1S/C5H4ClN3O3S/c1-9-5(4(6)2-7-9)13(11,12)8-3-10/h2H,1H3. The molecule has 0 N–H and O–H groups in total. The van der Waals surface area contributed by atoms with E-state index in [0.717, 1.165) is 17.0 Å². The largest absolute Gasteiger partial charge is 0.311 e. The van der Waals surface area contributed by atoms with Crippen LogP contribution in [0.15, 0.2) is 15.6 Å². The Hall–Kier alpha value is -1.17. The Kier molecular flexibility index (Phi) is 2.51. The summed E-state index contributed by atoms with van der Waals surface area (Å²) in [5.74, 6) is 0. The van der Waals surface area contributed by atoms with Crippen molar-refractivity contribution >= 4 is 27.7 Å². The fourth-order valence-electron chi connectivity index (χ4n) is 0.782. The molecule has 6 nitrogen and oxygen atoms in total. The zero-order valence-corrected chi connectivity index (χ0v) is 8.00. The molecule has 0 aliphatic rings. The van der Waals surface area contributed by atoms with E-state index in [0.29, 0.717) is 0 Å². The van der Waals surface area contributed by atoms with Crippen molar-refractivity contribution in [1.82, 2.24) is 9.78 Å². The molecule has 1 rings (SSSR count). The average molecular weight is 222 g/mol. The van der Waals surface area contributed by atoms with E-state index in [1.54, 1.807) is 0 Å². The summed E-state index contributed by atoms with van der Waals surface area (Å²) in [4.78, 5) is 9.79. The number of rotatable bonds is 2. The van der Waals surface area contributed by atoms with Gasteiger partial charge in [-0.2, -0.15) is 13.5 Å². The van der Waals surface area contributed by atoms with Crippen LogP contribution in [0.3, 0.4) is 0 Å². The van der Waals surface area contributed by atoms with E-state index < -0.39 is 10.0 Å². The van der Waals surface area contributed by atoms with Crippen LogP contribution in [0.2, 0.25) is 5.02 Å². The number of hydrogen-bond donors (Lipinski definition) is 0. The molecular formula is C5H4ClN3O3S. The quantitative estimate of drug-likeness (QED) is 0.524. The van der Waals surface area contributed by atoms with E-state index in [-0.39, 0.29) is 10.0 Å². The van der Waals surface area contributed by atoms with E-state index in [9.17, 15) is 13.2 Å². The smallest absolute Gasteiger partial charge is 0.254 e. The summed E-state index contributed by atoms with van der Waals surface area (Å²) in [5, 5.41) is 3.18. The number of aromatic nitrogens is 2. The lowest BCUT2D eigenvalue weighted by molar-refractivity contribution is 0.561. The molecule has 1 aromatic heterocycles. The molecule has 1 heterocycles. The average Bonchev–Trinajstić information content (AvgIpc) is 2.31. The van der Waals surface area contributed by atoms with Gasteiger partial charge in [-0.3, -0.25) is 4.68 Å². The summed E-state index contributed by atoms with van der Waals surface area (Å²) >= 11 is 5.51. The second-order valence-electron chi connectivity index (χ2n) is 2.08. The lowest BCUT2D eigenvalue weighted by atomic mass is 10.7. The van der Waals surface area contributed by atoms with Crippen LogP contribution in [0, 0.1) is 0 Å². The molecule has 0 radical (unpaired) electrons. The van der Waals surface area contributed by atoms with Crippen molar-refractivity contribution in [2.75, 3.05) is 0 Å². The van der Waals surface area contributed by atoms with Crippen molar-refractivity contribution in [3.8, 4) is 0 Å². The van der Waals surface area contributed by atoms with Crippen molar-refractivity contribution in [3.63, 3.8) is 0 Å². The van der Waals surface area contributed by atoms with Crippen LogP contribution in [-0.2, 0) is 21.9 Å². The molecule has 0 atom stereocenters. The van der Waals surface area contributed by atoms with Gasteiger partial charge in [0.2, 0.25) is 0 Å². The molecule has 0 saturated heterocycles. The van der Waals surface area contributed by atoms with Crippen LogP contribution in [0.5, 0.6) is 0 Å². The number of halogens is 1. The fourth-order valence-corrected chi connectivity index (χ4v) is 2.11.